The highest BCUT2D eigenvalue weighted by molar-refractivity contribution is 5.28. The predicted molar refractivity (Wildman–Crippen MR) is 126 cm³/mol. The Morgan fingerprint density at radius 3 is 1.66 bits per heavy atom. The van der Waals surface area contributed by atoms with Gasteiger partial charge in [0.15, 0.2) is 11.8 Å². The van der Waals surface area contributed by atoms with Crippen LogP contribution in [0.4, 0.5) is 0 Å². The average Bonchev–Trinajstić information content (AvgIpc) is 3.04. The Kier molecular flexibility index (Phi) is 14.5. The van der Waals surface area contributed by atoms with E-state index in [1.165, 1.54) is 89.0 Å². The van der Waals surface area contributed by atoms with Crippen LogP contribution in [-0.2, 0) is 0 Å². The van der Waals surface area contributed by atoms with Crippen molar-refractivity contribution in [1.29, 1.82) is 0 Å². The second-order valence-corrected chi connectivity index (χ2v) is 8.70. The fourth-order valence-corrected chi connectivity index (χ4v) is 4.21. The van der Waals surface area contributed by atoms with Crippen molar-refractivity contribution in [2.24, 2.45) is 0 Å². The van der Waals surface area contributed by atoms with Crippen LogP contribution in [0.25, 0.3) is 0 Å². The lowest BCUT2D eigenvalue weighted by molar-refractivity contribution is 0.339. The van der Waals surface area contributed by atoms with Gasteiger partial charge in [0, 0.05) is 12.1 Å². The van der Waals surface area contributed by atoms with Crippen molar-refractivity contribution in [3.63, 3.8) is 0 Å². The summed E-state index contributed by atoms with van der Waals surface area (Å²) in [4.78, 5) is 0. The highest BCUT2D eigenvalue weighted by Gasteiger charge is 2.18. The van der Waals surface area contributed by atoms with Crippen molar-refractivity contribution < 1.29 is 10.2 Å². The molecule has 0 amide bonds. The Morgan fingerprint density at radius 1 is 0.759 bits per heavy atom. The monoisotopic (exact) mass is 405 g/mol. The summed E-state index contributed by atoms with van der Waals surface area (Å²) in [5.41, 5.74) is 1.24. The standard InChI is InChI=1S/C26H47NO2/c1-4-6-7-8-9-10-11-12-13-14-15-16-17-18-20-23(3)24(19-5-2)27-25(28)21-22-26(27)29/h20-22,24,28-29H,4-19H2,1-3H3. The maximum absolute atomic E-state index is 10.0. The van der Waals surface area contributed by atoms with Crippen LogP contribution in [0.3, 0.4) is 0 Å². The predicted octanol–water partition coefficient (Wildman–Crippen LogP) is 8.67. The molecule has 2 N–H and O–H groups in total. The number of rotatable bonds is 18. The van der Waals surface area contributed by atoms with E-state index in [2.05, 4.69) is 26.8 Å². The zero-order valence-electron chi connectivity index (χ0n) is 19.5. The van der Waals surface area contributed by atoms with Crippen molar-refractivity contribution in [3.05, 3.63) is 23.8 Å². The Labute approximate surface area is 180 Å². The summed E-state index contributed by atoms with van der Waals surface area (Å²) >= 11 is 0. The number of hydrogen-bond donors (Lipinski definition) is 2. The van der Waals surface area contributed by atoms with Gasteiger partial charge in [-0.2, -0.15) is 0 Å². The Bertz CT molecular complexity index is 527. The molecule has 0 fully saturated rings. The van der Waals surface area contributed by atoms with Gasteiger partial charge in [0.2, 0.25) is 0 Å². The van der Waals surface area contributed by atoms with Crippen LogP contribution < -0.4 is 0 Å². The largest absolute Gasteiger partial charge is 0.494 e. The first-order valence-corrected chi connectivity index (χ1v) is 12.4. The van der Waals surface area contributed by atoms with Gasteiger partial charge in [-0.15, -0.1) is 0 Å². The van der Waals surface area contributed by atoms with E-state index in [-0.39, 0.29) is 17.8 Å². The molecule has 1 heterocycles. The van der Waals surface area contributed by atoms with E-state index in [1.54, 1.807) is 16.7 Å². The molecular weight excluding hydrogens is 358 g/mol. The van der Waals surface area contributed by atoms with Gasteiger partial charge in [-0.25, -0.2) is 0 Å². The quantitative estimate of drug-likeness (QED) is 0.189. The van der Waals surface area contributed by atoms with E-state index in [0.717, 1.165) is 19.3 Å². The molecule has 29 heavy (non-hydrogen) atoms. The molecule has 1 aromatic rings. The van der Waals surface area contributed by atoms with Crippen LogP contribution >= 0.6 is 0 Å². The van der Waals surface area contributed by atoms with Gasteiger partial charge in [0.05, 0.1) is 6.04 Å². The maximum atomic E-state index is 10.0. The molecule has 0 aliphatic heterocycles. The van der Waals surface area contributed by atoms with E-state index in [9.17, 15) is 10.2 Å². The summed E-state index contributed by atoms with van der Waals surface area (Å²) in [6.07, 6.45) is 23.3. The van der Waals surface area contributed by atoms with Gasteiger partial charge in [-0.05, 0) is 26.2 Å². The molecule has 0 spiro atoms. The van der Waals surface area contributed by atoms with Gasteiger partial charge in [0.1, 0.15) is 0 Å². The third-order valence-corrected chi connectivity index (χ3v) is 6.05. The molecule has 0 saturated carbocycles. The van der Waals surface area contributed by atoms with Crippen LogP contribution in [0.5, 0.6) is 11.8 Å². The fourth-order valence-electron chi connectivity index (χ4n) is 4.21. The molecule has 0 aliphatic carbocycles. The van der Waals surface area contributed by atoms with Crippen LogP contribution in [0, 0.1) is 0 Å². The molecule has 0 saturated heterocycles. The highest BCUT2D eigenvalue weighted by atomic mass is 16.3. The molecule has 168 valence electrons. The zero-order chi connectivity index (χ0) is 21.3. The van der Waals surface area contributed by atoms with Crippen molar-refractivity contribution in [3.8, 4) is 11.8 Å². The first-order valence-electron chi connectivity index (χ1n) is 12.4. The molecule has 3 nitrogen and oxygen atoms in total. The first kappa shape index (κ1) is 25.7. The third kappa shape index (κ3) is 10.8. The minimum Gasteiger partial charge on any atom is -0.494 e. The summed E-state index contributed by atoms with van der Waals surface area (Å²) in [5, 5.41) is 20.1. The molecule has 1 atom stereocenters. The number of nitrogens with zero attached hydrogens (tertiary/aromatic N) is 1. The number of aromatic nitrogens is 1. The van der Waals surface area contributed by atoms with Crippen molar-refractivity contribution in [2.75, 3.05) is 0 Å². The second kappa shape index (κ2) is 16.4. The van der Waals surface area contributed by atoms with E-state index in [0.29, 0.717) is 0 Å². The molecule has 0 aliphatic rings. The maximum Gasteiger partial charge on any atom is 0.194 e. The molecule has 0 bridgehead atoms. The molecule has 1 rings (SSSR count). The molecule has 0 radical (unpaired) electrons. The smallest absolute Gasteiger partial charge is 0.194 e. The highest BCUT2D eigenvalue weighted by Crippen LogP contribution is 2.33. The fraction of sp³-hybridized carbons (Fsp3) is 0.769. The third-order valence-electron chi connectivity index (χ3n) is 6.05. The summed E-state index contributed by atoms with van der Waals surface area (Å²) in [5.74, 6) is 0.296. The lowest BCUT2D eigenvalue weighted by Crippen LogP contribution is -2.09. The second-order valence-electron chi connectivity index (χ2n) is 8.70. The number of aromatic hydroxyl groups is 2. The van der Waals surface area contributed by atoms with Crippen LogP contribution in [0.15, 0.2) is 23.8 Å². The van der Waals surface area contributed by atoms with Gasteiger partial charge >= 0.3 is 0 Å². The Hall–Kier alpha value is -1.38. The molecule has 0 aromatic carbocycles. The summed E-state index contributed by atoms with van der Waals surface area (Å²) in [7, 11) is 0. The lowest BCUT2D eigenvalue weighted by Gasteiger charge is -2.21. The SMILES string of the molecule is CCCCCCCCCCCCCCCC=C(C)C(CCC)n1c(O)ccc1O. The van der Waals surface area contributed by atoms with Crippen molar-refractivity contribution >= 4 is 0 Å². The van der Waals surface area contributed by atoms with E-state index in [1.807, 2.05) is 0 Å². The molecule has 1 aromatic heterocycles. The van der Waals surface area contributed by atoms with Gasteiger partial charge in [0.25, 0.3) is 0 Å². The lowest BCUT2D eigenvalue weighted by atomic mass is 10.0. The Balaban J connectivity index is 2.12. The normalized spacial score (nSPS) is 13.1. The summed E-state index contributed by atoms with van der Waals surface area (Å²) in [6, 6.07) is 3.19. The number of unbranched alkanes of at least 4 members (excludes halogenated alkanes) is 13. The number of hydrogen-bond acceptors (Lipinski definition) is 2. The Morgan fingerprint density at radius 2 is 1.21 bits per heavy atom. The van der Waals surface area contributed by atoms with E-state index >= 15 is 0 Å². The minimum atomic E-state index is 0.0528. The minimum absolute atomic E-state index is 0.0528. The van der Waals surface area contributed by atoms with Crippen molar-refractivity contribution in [1.82, 2.24) is 4.57 Å². The van der Waals surface area contributed by atoms with Gasteiger partial charge in [-0.3, -0.25) is 4.57 Å². The molecule has 3 heteroatoms. The van der Waals surface area contributed by atoms with Crippen LogP contribution in [0.2, 0.25) is 0 Å². The van der Waals surface area contributed by atoms with E-state index in [4.69, 9.17) is 0 Å². The molecular formula is C26H47NO2. The van der Waals surface area contributed by atoms with Crippen LogP contribution in [-0.4, -0.2) is 14.8 Å². The van der Waals surface area contributed by atoms with Gasteiger partial charge in [-0.1, -0.05) is 109 Å². The van der Waals surface area contributed by atoms with Crippen molar-refractivity contribution in [2.45, 2.75) is 130 Å². The average molecular weight is 406 g/mol. The summed E-state index contributed by atoms with van der Waals surface area (Å²) in [6.45, 7) is 6.55. The van der Waals surface area contributed by atoms with Crippen LogP contribution in [0.1, 0.15) is 130 Å². The summed E-state index contributed by atoms with van der Waals surface area (Å²) < 4.78 is 1.65. The first-order chi connectivity index (χ1) is 14.1. The number of allylic oxidation sites excluding steroid dienone is 2. The zero-order valence-corrected chi connectivity index (χ0v) is 19.5. The topological polar surface area (TPSA) is 45.4 Å². The molecule has 1 unspecified atom stereocenters. The van der Waals surface area contributed by atoms with Gasteiger partial charge < -0.3 is 10.2 Å². The van der Waals surface area contributed by atoms with E-state index < -0.39 is 0 Å².